The van der Waals surface area contributed by atoms with Crippen LogP contribution in [0.5, 0.6) is 5.75 Å². The van der Waals surface area contributed by atoms with Crippen molar-refractivity contribution in [2.24, 2.45) is 0 Å². The largest absolute Gasteiger partial charge is 0.496 e. The van der Waals surface area contributed by atoms with Gasteiger partial charge in [-0.1, -0.05) is 42.5 Å². The van der Waals surface area contributed by atoms with Gasteiger partial charge in [-0.3, -0.25) is 4.79 Å². The number of amides is 2. The number of hydrogen-bond donors (Lipinski definition) is 0. The molecule has 1 fully saturated rings. The predicted octanol–water partition coefficient (Wildman–Crippen LogP) is 3.18. The minimum atomic E-state index is -0.342. The Kier molecular flexibility index (Phi) is 6.30. The highest BCUT2D eigenvalue weighted by atomic mass is 16.6. The molecular formula is C21H24N2O4. The van der Waals surface area contributed by atoms with Gasteiger partial charge in [-0.25, -0.2) is 4.79 Å². The van der Waals surface area contributed by atoms with Gasteiger partial charge in [0.1, 0.15) is 12.4 Å². The summed E-state index contributed by atoms with van der Waals surface area (Å²) in [6.45, 7) is 2.34. The summed E-state index contributed by atoms with van der Waals surface area (Å²) in [5.74, 6) is 0.484. The number of carbonyl (C=O) groups is 2. The molecule has 1 aliphatic heterocycles. The van der Waals surface area contributed by atoms with Crippen LogP contribution in [0.3, 0.4) is 0 Å². The molecular weight excluding hydrogens is 344 g/mol. The van der Waals surface area contributed by atoms with Gasteiger partial charge >= 0.3 is 6.09 Å². The van der Waals surface area contributed by atoms with E-state index in [4.69, 9.17) is 9.47 Å². The number of hydrogen-bond acceptors (Lipinski definition) is 4. The number of carbonyl (C=O) groups excluding carboxylic acids is 2. The Hall–Kier alpha value is -3.02. The summed E-state index contributed by atoms with van der Waals surface area (Å²) in [6, 6.07) is 16.8. The van der Waals surface area contributed by atoms with E-state index >= 15 is 0 Å². The van der Waals surface area contributed by atoms with Crippen LogP contribution in [0.1, 0.15) is 22.3 Å². The van der Waals surface area contributed by atoms with Crippen LogP contribution < -0.4 is 4.74 Å². The van der Waals surface area contributed by atoms with Crippen molar-refractivity contribution in [2.45, 2.75) is 13.0 Å². The number of para-hydroxylation sites is 1. The predicted molar refractivity (Wildman–Crippen MR) is 102 cm³/mol. The van der Waals surface area contributed by atoms with Crippen LogP contribution in [0.15, 0.2) is 54.6 Å². The molecule has 0 aliphatic carbocycles. The highest BCUT2D eigenvalue weighted by molar-refractivity contribution is 5.97. The van der Waals surface area contributed by atoms with Crippen LogP contribution in [0.2, 0.25) is 0 Å². The minimum Gasteiger partial charge on any atom is -0.496 e. The lowest BCUT2D eigenvalue weighted by molar-refractivity contribution is 0.0745. The lowest BCUT2D eigenvalue weighted by atomic mass is 10.1. The molecule has 2 aromatic rings. The van der Waals surface area contributed by atoms with Crippen molar-refractivity contribution >= 4 is 12.0 Å². The minimum absolute atomic E-state index is 0.0769. The van der Waals surface area contributed by atoms with E-state index < -0.39 is 0 Å². The summed E-state index contributed by atoms with van der Waals surface area (Å²) in [6.07, 6.45) is 0.367. The lowest BCUT2D eigenvalue weighted by Gasteiger charge is -2.22. The standard InChI is InChI=1S/C21H24N2O4/c1-26-19-11-6-5-10-18(19)20(24)22-12-7-13-23(15-14-22)21(25)27-16-17-8-3-2-4-9-17/h2-6,8-11H,7,12-16H2,1H3. The molecule has 142 valence electrons. The van der Waals surface area contributed by atoms with Crippen molar-refractivity contribution in [3.05, 3.63) is 65.7 Å². The molecule has 3 rings (SSSR count). The summed E-state index contributed by atoms with van der Waals surface area (Å²) < 4.78 is 10.7. The van der Waals surface area contributed by atoms with Crippen LogP contribution in [0.4, 0.5) is 4.79 Å². The summed E-state index contributed by atoms with van der Waals surface area (Å²) >= 11 is 0. The van der Waals surface area contributed by atoms with E-state index in [0.717, 1.165) is 5.56 Å². The monoisotopic (exact) mass is 368 g/mol. The van der Waals surface area contributed by atoms with Crippen molar-refractivity contribution in [3.63, 3.8) is 0 Å². The highest BCUT2D eigenvalue weighted by Gasteiger charge is 2.25. The Labute approximate surface area is 159 Å². The van der Waals surface area contributed by atoms with Gasteiger partial charge in [-0.15, -0.1) is 0 Å². The van der Waals surface area contributed by atoms with Gasteiger partial charge in [0, 0.05) is 26.2 Å². The zero-order valence-corrected chi connectivity index (χ0v) is 15.5. The molecule has 0 saturated carbocycles. The van der Waals surface area contributed by atoms with Gasteiger partial charge in [0.05, 0.1) is 12.7 Å². The fraction of sp³-hybridized carbons (Fsp3) is 0.333. The molecule has 0 N–H and O–H groups in total. The van der Waals surface area contributed by atoms with E-state index in [1.54, 1.807) is 29.0 Å². The molecule has 6 heteroatoms. The Balaban J connectivity index is 1.56. The molecule has 6 nitrogen and oxygen atoms in total. The second-order valence-corrected chi connectivity index (χ2v) is 6.37. The van der Waals surface area contributed by atoms with Gasteiger partial charge in [0.15, 0.2) is 0 Å². The number of methoxy groups -OCH3 is 1. The third kappa shape index (κ3) is 4.78. The molecule has 0 spiro atoms. The molecule has 0 aromatic heterocycles. The zero-order chi connectivity index (χ0) is 19.1. The van der Waals surface area contributed by atoms with Crippen molar-refractivity contribution in [3.8, 4) is 5.75 Å². The Morgan fingerprint density at radius 2 is 1.56 bits per heavy atom. The Morgan fingerprint density at radius 3 is 2.33 bits per heavy atom. The van der Waals surface area contributed by atoms with Gasteiger partial charge < -0.3 is 19.3 Å². The van der Waals surface area contributed by atoms with Gasteiger partial charge in [0.25, 0.3) is 5.91 Å². The van der Waals surface area contributed by atoms with E-state index in [0.29, 0.717) is 43.9 Å². The van der Waals surface area contributed by atoms with Gasteiger partial charge in [-0.05, 0) is 24.1 Å². The van der Waals surface area contributed by atoms with Crippen molar-refractivity contribution in [2.75, 3.05) is 33.3 Å². The maximum Gasteiger partial charge on any atom is 0.410 e. The van der Waals surface area contributed by atoms with Crippen molar-refractivity contribution < 1.29 is 19.1 Å². The van der Waals surface area contributed by atoms with Crippen LogP contribution in [-0.2, 0) is 11.3 Å². The quantitative estimate of drug-likeness (QED) is 0.832. The average Bonchev–Trinajstić information content (AvgIpc) is 2.98. The van der Waals surface area contributed by atoms with Gasteiger partial charge in [0.2, 0.25) is 0 Å². The first-order chi connectivity index (χ1) is 13.2. The summed E-state index contributed by atoms with van der Waals surface area (Å²) in [7, 11) is 1.55. The molecule has 27 heavy (non-hydrogen) atoms. The third-order valence-electron chi connectivity index (χ3n) is 4.58. The average molecular weight is 368 g/mol. The number of rotatable bonds is 4. The Morgan fingerprint density at radius 1 is 0.889 bits per heavy atom. The summed E-state index contributed by atoms with van der Waals surface area (Å²) in [5.41, 5.74) is 1.49. The van der Waals surface area contributed by atoms with Crippen molar-refractivity contribution in [1.29, 1.82) is 0 Å². The zero-order valence-electron chi connectivity index (χ0n) is 15.5. The fourth-order valence-electron chi connectivity index (χ4n) is 3.11. The van der Waals surface area contributed by atoms with E-state index in [9.17, 15) is 9.59 Å². The molecule has 1 aliphatic rings. The summed E-state index contributed by atoms with van der Waals surface area (Å²) in [4.78, 5) is 28.6. The molecule has 2 aromatic carbocycles. The van der Waals surface area contributed by atoms with Crippen molar-refractivity contribution in [1.82, 2.24) is 9.80 Å². The first-order valence-corrected chi connectivity index (χ1v) is 9.07. The van der Waals surface area contributed by atoms with E-state index in [1.807, 2.05) is 42.5 Å². The van der Waals surface area contributed by atoms with Crippen LogP contribution in [-0.4, -0.2) is 55.1 Å². The normalized spacial score (nSPS) is 14.4. The van der Waals surface area contributed by atoms with E-state index in [1.165, 1.54) is 0 Å². The first-order valence-electron chi connectivity index (χ1n) is 9.07. The topological polar surface area (TPSA) is 59.1 Å². The molecule has 0 unspecified atom stereocenters. The molecule has 1 heterocycles. The third-order valence-corrected chi connectivity index (χ3v) is 4.58. The SMILES string of the molecule is COc1ccccc1C(=O)N1CCCN(C(=O)OCc2ccccc2)CC1. The second kappa shape index (κ2) is 9.07. The van der Waals surface area contributed by atoms with Gasteiger partial charge in [-0.2, -0.15) is 0 Å². The smallest absolute Gasteiger partial charge is 0.410 e. The lowest BCUT2D eigenvalue weighted by Crippen LogP contribution is -2.37. The van der Waals surface area contributed by atoms with E-state index in [2.05, 4.69) is 0 Å². The number of benzene rings is 2. The highest BCUT2D eigenvalue weighted by Crippen LogP contribution is 2.20. The van der Waals surface area contributed by atoms with Crippen LogP contribution in [0.25, 0.3) is 0 Å². The maximum atomic E-state index is 12.8. The van der Waals surface area contributed by atoms with Crippen LogP contribution in [0, 0.1) is 0 Å². The number of nitrogens with zero attached hydrogens (tertiary/aromatic N) is 2. The molecule has 0 bridgehead atoms. The summed E-state index contributed by atoms with van der Waals surface area (Å²) in [5, 5.41) is 0. The molecule has 2 amide bonds. The fourth-order valence-corrected chi connectivity index (χ4v) is 3.11. The maximum absolute atomic E-state index is 12.8. The number of ether oxygens (including phenoxy) is 2. The molecule has 0 atom stereocenters. The molecule has 0 radical (unpaired) electrons. The Bertz CT molecular complexity index is 779. The second-order valence-electron chi connectivity index (χ2n) is 6.37. The first kappa shape index (κ1) is 18.8. The molecule has 1 saturated heterocycles. The van der Waals surface area contributed by atoms with Crippen LogP contribution >= 0.6 is 0 Å². The van der Waals surface area contributed by atoms with E-state index in [-0.39, 0.29) is 18.6 Å².